The van der Waals surface area contributed by atoms with E-state index in [9.17, 15) is 9.18 Å². The van der Waals surface area contributed by atoms with Crippen LogP contribution in [0.5, 0.6) is 0 Å². The highest BCUT2D eigenvalue weighted by Gasteiger charge is 2.22. The number of hydrogen-bond acceptors (Lipinski definition) is 6. The van der Waals surface area contributed by atoms with Gasteiger partial charge >= 0.3 is 0 Å². The van der Waals surface area contributed by atoms with Crippen molar-refractivity contribution >= 4 is 17.6 Å². The molecule has 0 radical (unpaired) electrons. The molecule has 0 saturated heterocycles. The maximum atomic E-state index is 14.9. The second kappa shape index (κ2) is 15.9. The van der Waals surface area contributed by atoms with Gasteiger partial charge in [0.2, 0.25) is 0 Å². The van der Waals surface area contributed by atoms with Gasteiger partial charge < -0.3 is 15.4 Å². The van der Waals surface area contributed by atoms with Crippen LogP contribution in [0.25, 0.3) is 5.57 Å². The summed E-state index contributed by atoms with van der Waals surface area (Å²) in [4.78, 5) is 18.2. The maximum absolute atomic E-state index is 14.9. The number of ketones is 1. The van der Waals surface area contributed by atoms with Crippen LogP contribution in [0.1, 0.15) is 55.6 Å². The third-order valence-electron chi connectivity index (χ3n) is 7.18. The van der Waals surface area contributed by atoms with Gasteiger partial charge in [0.25, 0.3) is 0 Å². The topological polar surface area (TPSA) is 66.0 Å². The first-order valence-corrected chi connectivity index (χ1v) is 13.6. The van der Waals surface area contributed by atoms with Crippen molar-refractivity contribution in [1.82, 2.24) is 15.5 Å². The Morgan fingerprint density at radius 1 is 1.27 bits per heavy atom. The Morgan fingerprint density at radius 3 is 2.55 bits per heavy atom. The van der Waals surface area contributed by atoms with E-state index in [2.05, 4.69) is 53.1 Å². The van der Waals surface area contributed by atoms with Crippen molar-refractivity contribution in [3.05, 3.63) is 100 Å². The number of methoxy groups -OCH3 is 1. The number of ether oxygens (including phenoxy) is 1. The van der Waals surface area contributed by atoms with Crippen LogP contribution < -0.4 is 10.6 Å². The van der Waals surface area contributed by atoms with Gasteiger partial charge in [0.15, 0.2) is 5.78 Å². The largest absolute Gasteiger partial charge is 0.388 e. The Hall–Kier alpha value is -3.55. The lowest BCUT2D eigenvalue weighted by atomic mass is 9.92. The monoisotopic (exact) mass is 548 g/mol. The number of carbonyl (C=O) groups excluding carboxylic acids is 1. The van der Waals surface area contributed by atoms with Gasteiger partial charge in [-0.15, -0.1) is 0 Å². The molecular formula is C33H45FN4O2. The smallest absolute Gasteiger partial charge is 0.159 e. The third kappa shape index (κ3) is 9.28. The minimum Gasteiger partial charge on any atom is -0.388 e. The molecule has 0 saturated carbocycles. The highest BCUT2D eigenvalue weighted by atomic mass is 19.1. The van der Waals surface area contributed by atoms with E-state index in [1.165, 1.54) is 18.6 Å². The fourth-order valence-corrected chi connectivity index (χ4v) is 4.54. The molecule has 216 valence electrons. The average Bonchev–Trinajstić information content (AvgIpc) is 2.93. The van der Waals surface area contributed by atoms with Gasteiger partial charge in [0, 0.05) is 75.3 Å². The van der Waals surface area contributed by atoms with Crippen molar-refractivity contribution in [3.8, 4) is 0 Å². The molecule has 2 N–H and O–H groups in total. The summed E-state index contributed by atoms with van der Waals surface area (Å²) in [5, 5.41) is 6.48. The highest BCUT2D eigenvalue weighted by molar-refractivity contribution is 5.94. The summed E-state index contributed by atoms with van der Waals surface area (Å²) < 4.78 is 20.2. The molecule has 1 aliphatic heterocycles. The van der Waals surface area contributed by atoms with Crippen LogP contribution >= 0.6 is 0 Å². The van der Waals surface area contributed by atoms with Crippen LogP contribution in [0.15, 0.2) is 82.8 Å². The second-order valence-corrected chi connectivity index (χ2v) is 10.0. The molecule has 2 unspecified atom stereocenters. The SMILES string of the molecule is C=C(/C=C(\C)C(C)N1CC=C(c2c(C)cc(C(C)=O)cc2F)CC1)/C(=C\C=NC)N/C=C\C(=C/C(C)OC)NC. The van der Waals surface area contributed by atoms with E-state index in [1.807, 2.05) is 45.3 Å². The molecule has 6 nitrogen and oxygen atoms in total. The number of nitrogens with one attached hydrogen (secondary N) is 2. The lowest BCUT2D eigenvalue weighted by Crippen LogP contribution is -2.37. The van der Waals surface area contributed by atoms with Crippen LogP contribution in [0.4, 0.5) is 4.39 Å². The standard InChI is InChI=1S/C33H45FN4O2/c1-22(18-23(2)32(11-14-35-7)37-15-10-30(36-8)20-25(4)40-9)26(5)38-16-12-28(13-17-38)33-24(3)19-29(27(6)39)21-31(33)34/h10-12,14-15,18-21,25-26,36-37H,2,13,16-17H2,1,3-9H3/b15-10-,22-18+,30-20+,32-11+,35-14?. The normalized spacial score (nSPS) is 17.2. The fraction of sp³-hybridized carbons (Fsp3) is 0.394. The molecule has 7 heteroatoms. The van der Waals surface area contributed by atoms with E-state index in [0.29, 0.717) is 17.7 Å². The van der Waals surface area contributed by atoms with Crippen molar-refractivity contribution in [1.29, 1.82) is 0 Å². The number of hydrogen-bond donors (Lipinski definition) is 2. The lowest BCUT2D eigenvalue weighted by Gasteiger charge is -2.33. The summed E-state index contributed by atoms with van der Waals surface area (Å²) in [6.45, 7) is 15.4. The Bertz CT molecular complexity index is 1230. The summed E-state index contributed by atoms with van der Waals surface area (Å²) in [6.07, 6.45) is 14.3. The molecule has 0 aliphatic carbocycles. The lowest BCUT2D eigenvalue weighted by molar-refractivity contribution is 0.101. The molecule has 0 aromatic heterocycles. The van der Waals surface area contributed by atoms with Crippen LogP contribution in [0.3, 0.4) is 0 Å². The average molecular weight is 549 g/mol. The Kier molecular flexibility index (Phi) is 13.0. The number of rotatable bonds is 13. The van der Waals surface area contributed by atoms with E-state index >= 15 is 0 Å². The molecule has 1 heterocycles. The van der Waals surface area contributed by atoms with Gasteiger partial charge in [-0.1, -0.05) is 24.3 Å². The number of nitrogens with zero attached hydrogens (tertiary/aromatic N) is 2. The maximum Gasteiger partial charge on any atom is 0.159 e. The van der Waals surface area contributed by atoms with E-state index in [0.717, 1.165) is 41.1 Å². The molecule has 1 aromatic rings. The van der Waals surface area contributed by atoms with Crippen molar-refractivity contribution in [3.63, 3.8) is 0 Å². The van der Waals surface area contributed by atoms with Gasteiger partial charge in [-0.2, -0.15) is 0 Å². The van der Waals surface area contributed by atoms with Crippen LogP contribution in [0.2, 0.25) is 0 Å². The summed E-state index contributed by atoms with van der Waals surface area (Å²) in [6, 6.07) is 3.31. The van der Waals surface area contributed by atoms with Gasteiger partial charge in [-0.3, -0.25) is 14.7 Å². The zero-order valence-corrected chi connectivity index (χ0v) is 25.3. The Labute approximate surface area is 239 Å². The first kappa shape index (κ1) is 32.7. The number of benzene rings is 1. The number of halogens is 1. The molecule has 1 aliphatic rings. The van der Waals surface area contributed by atoms with Crippen molar-refractivity contribution in [2.75, 3.05) is 34.3 Å². The van der Waals surface area contributed by atoms with Crippen LogP contribution in [0, 0.1) is 12.7 Å². The predicted molar refractivity (Wildman–Crippen MR) is 166 cm³/mol. The number of allylic oxidation sites excluding steroid dienone is 3. The highest BCUT2D eigenvalue weighted by Crippen LogP contribution is 2.30. The first-order valence-electron chi connectivity index (χ1n) is 13.6. The van der Waals surface area contributed by atoms with Crippen molar-refractivity contribution in [2.24, 2.45) is 4.99 Å². The molecule has 1 aromatic carbocycles. The number of likely N-dealkylation sites (N-methyl/N-ethyl adjacent to an activating group) is 1. The molecule has 2 rings (SSSR count). The van der Waals surface area contributed by atoms with E-state index < -0.39 is 0 Å². The van der Waals surface area contributed by atoms with Gasteiger partial charge in [0.1, 0.15) is 5.82 Å². The molecule has 0 spiro atoms. The first-order chi connectivity index (χ1) is 19.0. The molecule has 0 fully saturated rings. The van der Waals surface area contributed by atoms with Crippen LogP contribution in [-0.4, -0.2) is 63.3 Å². The zero-order valence-electron chi connectivity index (χ0n) is 25.3. The third-order valence-corrected chi connectivity index (χ3v) is 7.18. The fourth-order valence-electron chi connectivity index (χ4n) is 4.54. The van der Waals surface area contributed by atoms with E-state index in [-0.39, 0.29) is 23.7 Å². The minimum atomic E-state index is -0.327. The molecule has 2 atom stereocenters. The quantitative estimate of drug-likeness (QED) is 0.176. The Balaban J connectivity index is 2.15. The number of aliphatic imine (C=N–C) groups is 1. The van der Waals surface area contributed by atoms with Crippen LogP contribution in [-0.2, 0) is 4.74 Å². The Morgan fingerprint density at radius 2 is 2.00 bits per heavy atom. The van der Waals surface area contributed by atoms with E-state index in [4.69, 9.17) is 4.74 Å². The summed E-state index contributed by atoms with van der Waals surface area (Å²) in [5.74, 6) is -0.454. The molecule has 0 bridgehead atoms. The summed E-state index contributed by atoms with van der Waals surface area (Å²) in [5.41, 5.74) is 6.60. The molecule has 40 heavy (non-hydrogen) atoms. The predicted octanol–water partition coefficient (Wildman–Crippen LogP) is 6.14. The zero-order chi connectivity index (χ0) is 29.8. The number of Topliss-reactive ketones (excluding diaryl/α,β-unsaturated/α-hetero) is 1. The second-order valence-electron chi connectivity index (χ2n) is 10.0. The van der Waals surface area contributed by atoms with Crippen molar-refractivity contribution < 1.29 is 13.9 Å². The van der Waals surface area contributed by atoms with Crippen molar-refractivity contribution in [2.45, 2.75) is 53.2 Å². The van der Waals surface area contributed by atoms with Gasteiger partial charge in [0.05, 0.1) is 6.10 Å². The van der Waals surface area contributed by atoms with Gasteiger partial charge in [-0.05, 0) is 88.1 Å². The summed E-state index contributed by atoms with van der Waals surface area (Å²) in [7, 11) is 5.27. The number of carbonyl (C=O) groups is 1. The van der Waals surface area contributed by atoms with Gasteiger partial charge in [-0.25, -0.2) is 4.39 Å². The number of aryl methyl sites for hydroxylation is 1. The molecular weight excluding hydrogens is 503 g/mol. The molecule has 0 amide bonds. The minimum absolute atomic E-state index is 0.00703. The van der Waals surface area contributed by atoms with E-state index in [1.54, 1.807) is 26.4 Å². The summed E-state index contributed by atoms with van der Waals surface area (Å²) >= 11 is 0.